The zero-order chi connectivity index (χ0) is 11.2. The number of rotatable bonds is 6. The van der Waals surface area contributed by atoms with E-state index in [1.807, 2.05) is 0 Å². The van der Waals surface area contributed by atoms with Gasteiger partial charge in [0, 0.05) is 19.5 Å². The number of carbonyl (C=O) groups excluding carboxylic acids is 1. The number of carbonyl (C=O) groups is 1. The van der Waals surface area contributed by atoms with E-state index in [0.717, 1.165) is 4.31 Å². The number of hydrogen-bond acceptors (Lipinski definition) is 4. The summed E-state index contributed by atoms with van der Waals surface area (Å²) in [5.74, 6) is -1.18. The van der Waals surface area contributed by atoms with Crippen LogP contribution in [0.1, 0.15) is 6.92 Å². The van der Waals surface area contributed by atoms with E-state index in [0.29, 0.717) is 0 Å². The normalized spacial score (nSPS) is 11.7. The molecule has 0 aliphatic heterocycles. The molecule has 0 aromatic heterocycles. The van der Waals surface area contributed by atoms with E-state index >= 15 is 0 Å². The number of ether oxygens (including phenoxy) is 1. The van der Waals surface area contributed by atoms with E-state index < -0.39 is 21.7 Å². The van der Waals surface area contributed by atoms with Gasteiger partial charge in [0.05, 0.1) is 6.61 Å². The Morgan fingerprint density at radius 2 is 2.07 bits per heavy atom. The molecule has 0 radical (unpaired) electrons. The third-order valence-electron chi connectivity index (χ3n) is 1.48. The van der Waals surface area contributed by atoms with Crippen molar-refractivity contribution in [1.82, 2.24) is 4.31 Å². The molecule has 0 saturated carbocycles. The Morgan fingerprint density at radius 1 is 1.50 bits per heavy atom. The van der Waals surface area contributed by atoms with E-state index in [-0.39, 0.29) is 19.0 Å². The van der Waals surface area contributed by atoms with Gasteiger partial charge in [-0.1, -0.05) is 0 Å². The first kappa shape index (κ1) is 13.7. The smallest absolute Gasteiger partial charge is 0.322 e. The van der Waals surface area contributed by atoms with Crippen molar-refractivity contribution in [2.24, 2.45) is 0 Å². The van der Waals surface area contributed by atoms with Crippen molar-refractivity contribution in [3.8, 4) is 0 Å². The van der Waals surface area contributed by atoms with Gasteiger partial charge in [-0.25, -0.2) is 12.7 Å². The van der Waals surface area contributed by atoms with E-state index in [9.17, 15) is 13.2 Å². The number of hydrogen-bond donors (Lipinski definition) is 0. The van der Waals surface area contributed by atoms with E-state index in [1.54, 1.807) is 6.92 Å². The number of esters is 1. The molecule has 0 fully saturated rings. The molecule has 0 amide bonds. The Morgan fingerprint density at radius 3 is 2.50 bits per heavy atom. The van der Waals surface area contributed by atoms with Crippen LogP contribution in [0.5, 0.6) is 0 Å². The molecule has 0 unspecified atom stereocenters. The highest BCUT2D eigenvalue weighted by atomic mass is 35.5. The molecule has 0 N–H and O–H groups in total. The number of nitrogens with zero attached hydrogens (tertiary/aromatic N) is 1. The third-order valence-corrected chi connectivity index (χ3v) is 3.38. The highest BCUT2D eigenvalue weighted by Gasteiger charge is 2.22. The fourth-order valence-electron chi connectivity index (χ4n) is 0.720. The van der Waals surface area contributed by atoms with Gasteiger partial charge < -0.3 is 4.74 Å². The maximum Gasteiger partial charge on any atom is 0.322 e. The van der Waals surface area contributed by atoms with Crippen molar-refractivity contribution in [2.75, 3.05) is 31.8 Å². The summed E-state index contributed by atoms with van der Waals surface area (Å²) in [5.41, 5.74) is 0. The van der Waals surface area contributed by atoms with E-state index in [1.165, 1.54) is 7.05 Å². The van der Waals surface area contributed by atoms with Crippen LogP contribution in [0.3, 0.4) is 0 Å². The quantitative estimate of drug-likeness (QED) is 0.489. The standard InChI is InChI=1S/C7H14ClNO4S/c1-3-13-7(10)6-14(11,12)9(2)5-4-8/h3-6H2,1-2H3. The second kappa shape index (κ2) is 6.21. The minimum Gasteiger partial charge on any atom is -0.465 e. The number of sulfonamides is 1. The van der Waals surface area contributed by atoms with Crippen LogP contribution in [0.25, 0.3) is 0 Å². The summed E-state index contributed by atoms with van der Waals surface area (Å²) < 4.78 is 28.3. The van der Waals surface area contributed by atoms with Crippen molar-refractivity contribution in [2.45, 2.75) is 6.92 Å². The van der Waals surface area contributed by atoms with Crippen LogP contribution in [-0.4, -0.2) is 50.5 Å². The predicted octanol–water partition coefficient (Wildman–Crippen LogP) is 0.0499. The Kier molecular flexibility index (Phi) is 6.06. The lowest BCUT2D eigenvalue weighted by molar-refractivity contribution is -0.140. The highest BCUT2D eigenvalue weighted by molar-refractivity contribution is 7.89. The molecule has 0 saturated heterocycles. The Bertz CT molecular complexity index is 277. The SMILES string of the molecule is CCOC(=O)CS(=O)(=O)N(C)CCCl. The summed E-state index contributed by atoms with van der Waals surface area (Å²) in [6, 6.07) is 0. The molecule has 0 aliphatic carbocycles. The van der Waals surface area contributed by atoms with Gasteiger partial charge >= 0.3 is 5.97 Å². The van der Waals surface area contributed by atoms with Gasteiger partial charge in [0.1, 0.15) is 0 Å². The Hall–Kier alpha value is -0.330. The molecule has 0 heterocycles. The monoisotopic (exact) mass is 243 g/mol. The van der Waals surface area contributed by atoms with Gasteiger partial charge in [-0.3, -0.25) is 4.79 Å². The lowest BCUT2D eigenvalue weighted by atomic mass is 10.8. The molecular formula is C7H14ClNO4S. The fourth-order valence-corrected chi connectivity index (χ4v) is 2.04. The van der Waals surface area contributed by atoms with Crippen molar-refractivity contribution >= 4 is 27.6 Å². The van der Waals surface area contributed by atoms with Crippen LogP contribution >= 0.6 is 11.6 Å². The minimum atomic E-state index is -3.57. The van der Waals surface area contributed by atoms with Crippen LogP contribution in [0.2, 0.25) is 0 Å². The lowest BCUT2D eigenvalue weighted by Crippen LogP contribution is -2.34. The van der Waals surface area contributed by atoms with Crippen LogP contribution in [0.4, 0.5) is 0 Å². The molecule has 0 aromatic rings. The van der Waals surface area contributed by atoms with E-state index in [2.05, 4.69) is 4.74 Å². The summed E-state index contributed by atoms with van der Waals surface area (Å²) in [6.45, 7) is 1.98. The number of halogens is 1. The summed E-state index contributed by atoms with van der Waals surface area (Å²) >= 11 is 5.38. The topological polar surface area (TPSA) is 63.7 Å². The maximum atomic E-state index is 11.4. The molecule has 0 atom stereocenters. The molecule has 84 valence electrons. The van der Waals surface area contributed by atoms with Crippen molar-refractivity contribution in [1.29, 1.82) is 0 Å². The molecule has 0 rings (SSSR count). The summed E-state index contributed by atoms with van der Waals surface area (Å²) in [5, 5.41) is 0. The summed E-state index contributed by atoms with van der Waals surface area (Å²) in [7, 11) is -2.20. The molecule has 5 nitrogen and oxygen atoms in total. The predicted molar refractivity (Wildman–Crippen MR) is 53.8 cm³/mol. The minimum absolute atomic E-state index is 0.174. The largest absolute Gasteiger partial charge is 0.465 e. The van der Waals surface area contributed by atoms with Crippen molar-refractivity contribution < 1.29 is 17.9 Å². The van der Waals surface area contributed by atoms with Crippen LogP contribution in [0, 0.1) is 0 Å². The molecule has 14 heavy (non-hydrogen) atoms. The number of alkyl halides is 1. The first-order valence-electron chi connectivity index (χ1n) is 4.09. The molecule has 7 heteroatoms. The molecule has 0 spiro atoms. The van der Waals surface area contributed by atoms with Crippen LogP contribution in [-0.2, 0) is 19.6 Å². The van der Waals surface area contributed by atoms with Gasteiger partial charge in [-0.2, -0.15) is 0 Å². The highest BCUT2D eigenvalue weighted by Crippen LogP contribution is 1.99. The first-order chi connectivity index (χ1) is 6.44. The first-order valence-corrected chi connectivity index (χ1v) is 6.24. The lowest BCUT2D eigenvalue weighted by Gasteiger charge is -2.14. The average Bonchev–Trinajstić information content (AvgIpc) is 2.03. The third kappa shape index (κ3) is 4.78. The van der Waals surface area contributed by atoms with E-state index in [4.69, 9.17) is 11.6 Å². The van der Waals surface area contributed by atoms with Crippen molar-refractivity contribution in [3.63, 3.8) is 0 Å². The fraction of sp³-hybridized carbons (Fsp3) is 0.857. The van der Waals surface area contributed by atoms with Gasteiger partial charge in [0.2, 0.25) is 10.0 Å². The Labute approximate surface area is 89.0 Å². The maximum absolute atomic E-state index is 11.4. The van der Waals surface area contributed by atoms with Gasteiger partial charge in [0.15, 0.2) is 5.75 Å². The molecule has 0 bridgehead atoms. The molecule has 0 aromatic carbocycles. The van der Waals surface area contributed by atoms with Crippen LogP contribution < -0.4 is 0 Å². The zero-order valence-electron chi connectivity index (χ0n) is 8.19. The summed E-state index contributed by atoms with van der Waals surface area (Å²) in [6.07, 6.45) is 0. The van der Waals surface area contributed by atoms with Gasteiger partial charge in [-0.05, 0) is 6.92 Å². The van der Waals surface area contributed by atoms with Crippen LogP contribution in [0.15, 0.2) is 0 Å². The molecule has 0 aliphatic rings. The molecular weight excluding hydrogens is 230 g/mol. The average molecular weight is 244 g/mol. The van der Waals surface area contributed by atoms with Gasteiger partial charge in [0.25, 0.3) is 0 Å². The van der Waals surface area contributed by atoms with Gasteiger partial charge in [-0.15, -0.1) is 11.6 Å². The second-order valence-electron chi connectivity index (χ2n) is 2.57. The second-order valence-corrected chi connectivity index (χ2v) is 5.03. The van der Waals surface area contributed by atoms with Crippen molar-refractivity contribution in [3.05, 3.63) is 0 Å². The summed E-state index contributed by atoms with van der Waals surface area (Å²) in [4.78, 5) is 10.9. The zero-order valence-corrected chi connectivity index (χ0v) is 9.77. The Balaban J connectivity index is 4.27.